The molecular formula is C67H125NO8. The molecule has 6 N–H and O–H groups in total. The lowest BCUT2D eigenvalue weighted by Crippen LogP contribution is -2.60. The zero-order chi connectivity index (χ0) is 55.0. The Bertz CT molecular complexity index is 1340. The van der Waals surface area contributed by atoms with Gasteiger partial charge in [0.05, 0.1) is 25.4 Å². The fourth-order valence-electron chi connectivity index (χ4n) is 10.4. The second-order valence-corrected chi connectivity index (χ2v) is 22.9. The van der Waals surface area contributed by atoms with Crippen molar-refractivity contribution in [1.82, 2.24) is 5.32 Å². The van der Waals surface area contributed by atoms with Gasteiger partial charge in [-0.3, -0.25) is 4.79 Å². The van der Waals surface area contributed by atoms with E-state index in [2.05, 4.69) is 55.6 Å². The Hall–Kier alpha value is -1.85. The maximum absolute atomic E-state index is 13.1. The van der Waals surface area contributed by atoms with Gasteiger partial charge >= 0.3 is 0 Å². The van der Waals surface area contributed by atoms with E-state index >= 15 is 0 Å². The van der Waals surface area contributed by atoms with Gasteiger partial charge in [0.25, 0.3) is 0 Å². The molecule has 9 nitrogen and oxygen atoms in total. The zero-order valence-electron chi connectivity index (χ0n) is 49.8. The molecular weight excluding hydrogens is 947 g/mol. The van der Waals surface area contributed by atoms with Crippen LogP contribution >= 0.6 is 0 Å². The summed E-state index contributed by atoms with van der Waals surface area (Å²) in [5.74, 6) is -0.186. The van der Waals surface area contributed by atoms with Crippen LogP contribution in [0.25, 0.3) is 0 Å². The van der Waals surface area contributed by atoms with Gasteiger partial charge in [0.1, 0.15) is 24.4 Å². The van der Waals surface area contributed by atoms with Crippen molar-refractivity contribution in [3.63, 3.8) is 0 Å². The van der Waals surface area contributed by atoms with Crippen molar-refractivity contribution >= 4 is 5.91 Å². The first-order valence-electron chi connectivity index (χ1n) is 32.9. The normalized spacial score (nSPS) is 19.1. The van der Waals surface area contributed by atoms with E-state index in [9.17, 15) is 30.3 Å². The molecule has 0 radical (unpaired) electrons. The zero-order valence-corrected chi connectivity index (χ0v) is 49.8. The Labute approximate surface area is 469 Å². The van der Waals surface area contributed by atoms with E-state index in [1.54, 1.807) is 6.08 Å². The van der Waals surface area contributed by atoms with Crippen LogP contribution in [-0.2, 0) is 14.3 Å². The van der Waals surface area contributed by atoms with Gasteiger partial charge < -0.3 is 40.3 Å². The number of hydrogen-bond donors (Lipinski definition) is 6. The summed E-state index contributed by atoms with van der Waals surface area (Å²) in [4.78, 5) is 13.1. The monoisotopic (exact) mass is 1070 g/mol. The summed E-state index contributed by atoms with van der Waals surface area (Å²) in [6.45, 7) is 3.80. The summed E-state index contributed by atoms with van der Waals surface area (Å²) in [6, 6.07) is -0.829. The SMILES string of the molecule is CCCCCCCCCC/C=C\CCCCCCCCCCCCCCCCCC(=O)NC(COC1OC(CO)C(O)C(O)C1O)C(O)/C=C/CC/C=C/CC/C=C/CCCCCCCCCCCCCCCCCC. The molecule has 7 atom stereocenters. The Morgan fingerprint density at radius 2 is 0.750 bits per heavy atom. The first-order valence-corrected chi connectivity index (χ1v) is 32.9. The molecule has 0 bridgehead atoms. The molecule has 1 aliphatic heterocycles. The van der Waals surface area contributed by atoms with Crippen molar-refractivity contribution in [2.75, 3.05) is 13.2 Å². The topological polar surface area (TPSA) is 149 Å². The molecule has 7 unspecified atom stereocenters. The first kappa shape index (κ1) is 72.2. The van der Waals surface area contributed by atoms with E-state index in [-0.39, 0.29) is 12.5 Å². The second-order valence-electron chi connectivity index (χ2n) is 22.9. The van der Waals surface area contributed by atoms with Crippen LogP contribution in [0, 0.1) is 0 Å². The van der Waals surface area contributed by atoms with Crippen LogP contribution in [0.5, 0.6) is 0 Å². The fourth-order valence-corrected chi connectivity index (χ4v) is 10.4. The van der Waals surface area contributed by atoms with Crippen LogP contribution in [0.3, 0.4) is 0 Å². The minimum atomic E-state index is -1.58. The van der Waals surface area contributed by atoms with Gasteiger partial charge in [0.15, 0.2) is 6.29 Å². The van der Waals surface area contributed by atoms with Crippen molar-refractivity contribution in [1.29, 1.82) is 0 Å². The van der Waals surface area contributed by atoms with Gasteiger partial charge in [-0.2, -0.15) is 0 Å². The van der Waals surface area contributed by atoms with Gasteiger partial charge in [0, 0.05) is 6.42 Å². The van der Waals surface area contributed by atoms with E-state index < -0.39 is 49.5 Å². The Morgan fingerprint density at radius 3 is 1.11 bits per heavy atom. The fraction of sp³-hybridized carbons (Fsp3) is 0.866. The predicted molar refractivity (Wildman–Crippen MR) is 323 cm³/mol. The third-order valence-corrected chi connectivity index (χ3v) is 15.6. The van der Waals surface area contributed by atoms with Crippen molar-refractivity contribution in [3.8, 4) is 0 Å². The van der Waals surface area contributed by atoms with Crippen molar-refractivity contribution < 1.29 is 39.8 Å². The molecule has 0 saturated carbocycles. The largest absolute Gasteiger partial charge is 0.394 e. The molecule has 0 aromatic rings. The molecule has 1 heterocycles. The molecule has 446 valence electrons. The lowest BCUT2D eigenvalue weighted by Gasteiger charge is -2.40. The highest BCUT2D eigenvalue weighted by Crippen LogP contribution is 2.23. The molecule has 76 heavy (non-hydrogen) atoms. The Kier molecular flexibility index (Phi) is 53.6. The van der Waals surface area contributed by atoms with E-state index in [0.717, 1.165) is 44.9 Å². The number of unbranched alkanes of at least 4 members (excludes halogenated alkanes) is 41. The molecule has 1 rings (SSSR count). The van der Waals surface area contributed by atoms with Crippen molar-refractivity contribution in [2.45, 2.75) is 358 Å². The van der Waals surface area contributed by atoms with Crippen LogP contribution in [0.2, 0.25) is 0 Å². The van der Waals surface area contributed by atoms with E-state index in [1.807, 2.05) is 6.08 Å². The summed E-state index contributed by atoms with van der Waals surface area (Å²) >= 11 is 0. The Morgan fingerprint density at radius 1 is 0.434 bits per heavy atom. The summed E-state index contributed by atoms with van der Waals surface area (Å²) in [5, 5.41) is 54.6. The Balaban J connectivity index is 2.20. The number of amides is 1. The van der Waals surface area contributed by atoms with Gasteiger partial charge in [-0.15, -0.1) is 0 Å². The lowest BCUT2D eigenvalue weighted by atomic mass is 9.99. The van der Waals surface area contributed by atoms with E-state index in [1.165, 1.54) is 250 Å². The second kappa shape index (κ2) is 56.4. The molecule has 1 saturated heterocycles. The first-order chi connectivity index (χ1) is 37.3. The number of aliphatic hydroxyl groups excluding tert-OH is 5. The van der Waals surface area contributed by atoms with Gasteiger partial charge in [0.2, 0.25) is 5.91 Å². The predicted octanol–water partition coefficient (Wildman–Crippen LogP) is 17.2. The number of ether oxygens (including phenoxy) is 2. The third kappa shape index (κ3) is 44.9. The molecule has 0 spiro atoms. The summed E-state index contributed by atoms with van der Waals surface area (Å²) in [5.41, 5.74) is 0. The molecule has 0 aromatic heterocycles. The smallest absolute Gasteiger partial charge is 0.220 e. The summed E-state index contributed by atoms with van der Waals surface area (Å²) in [7, 11) is 0. The molecule has 1 amide bonds. The van der Waals surface area contributed by atoms with Crippen LogP contribution in [0.4, 0.5) is 0 Å². The maximum Gasteiger partial charge on any atom is 0.220 e. The highest BCUT2D eigenvalue weighted by atomic mass is 16.7. The van der Waals surface area contributed by atoms with Crippen molar-refractivity contribution in [3.05, 3.63) is 48.6 Å². The minimum Gasteiger partial charge on any atom is -0.394 e. The average molecular weight is 1070 g/mol. The standard InChI is InChI=1S/C67H125NO8/c1-3-5-7-9-11-13-15-17-19-21-23-25-27-29-31-33-35-37-39-41-43-45-47-49-51-53-55-57-63(71)68-60(59-75-67-66(74)65(73)64(72)62(58-69)76-67)61(70)56-54-52-50-48-46-44-42-40-38-36-34-32-30-28-26-24-22-20-18-16-14-12-10-8-6-4-2/h21,23,38,40,46,48,54,56,60-62,64-67,69-70,72-74H,3-20,22,24-37,39,41-45,47,49-53,55,57-59H2,1-2H3,(H,68,71)/b23-21-,40-38+,48-46+,56-54+. The summed E-state index contributed by atoms with van der Waals surface area (Å²) < 4.78 is 11.3. The molecule has 0 aliphatic carbocycles. The number of nitrogens with one attached hydrogen (secondary N) is 1. The molecule has 1 fully saturated rings. The maximum atomic E-state index is 13.1. The van der Waals surface area contributed by atoms with Crippen LogP contribution in [0.1, 0.15) is 316 Å². The van der Waals surface area contributed by atoms with Crippen LogP contribution < -0.4 is 5.32 Å². The van der Waals surface area contributed by atoms with Gasteiger partial charge in [-0.05, 0) is 70.6 Å². The molecule has 0 aromatic carbocycles. The van der Waals surface area contributed by atoms with Crippen LogP contribution in [0.15, 0.2) is 48.6 Å². The number of rotatable bonds is 57. The number of aliphatic hydroxyl groups is 5. The average Bonchev–Trinajstić information content (AvgIpc) is 3.42. The minimum absolute atomic E-state index is 0.186. The number of allylic oxidation sites excluding steroid dienone is 7. The highest BCUT2D eigenvalue weighted by molar-refractivity contribution is 5.76. The van der Waals surface area contributed by atoms with Gasteiger partial charge in [-0.25, -0.2) is 0 Å². The van der Waals surface area contributed by atoms with E-state index in [4.69, 9.17) is 9.47 Å². The number of carbonyl (C=O) groups excluding carboxylic acids is 1. The van der Waals surface area contributed by atoms with Crippen molar-refractivity contribution in [2.24, 2.45) is 0 Å². The highest BCUT2D eigenvalue weighted by Gasteiger charge is 2.44. The van der Waals surface area contributed by atoms with Gasteiger partial charge in [-0.1, -0.05) is 287 Å². The third-order valence-electron chi connectivity index (χ3n) is 15.6. The number of hydrogen-bond acceptors (Lipinski definition) is 8. The quantitative estimate of drug-likeness (QED) is 0.0261. The lowest BCUT2D eigenvalue weighted by molar-refractivity contribution is -0.302. The number of carbonyl (C=O) groups is 1. The molecule has 9 heteroatoms. The summed E-state index contributed by atoms with van der Waals surface area (Å²) in [6.07, 6.45) is 69.2. The molecule has 1 aliphatic rings. The van der Waals surface area contributed by atoms with E-state index in [0.29, 0.717) is 6.42 Å². The van der Waals surface area contributed by atoms with Crippen LogP contribution in [-0.4, -0.2) is 87.5 Å².